The number of hydrogen-bond acceptors (Lipinski definition) is 3. The molecule has 0 radical (unpaired) electrons. The fraction of sp³-hybridized carbons (Fsp3) is 0.235. The molecule has 0 atom stereocenters. The van der Waals surface area contributed by atoms with E-state index in [0.29, 0.717) is 5.69 Å². The molecule has 0 aliphatic heterocycles. The van der Waals surface area contributed by atoms with Crippen LogP contribution in [0, 0.1) is 3.57 Å². The molecule has 134 valence electrons. The summed E-state index contributed by atoms with van der Waals surface area (Å²) in [4.78, 5) is 12.3. The molecule has 2 N–H and O–H groups in total. The Morgan fingerprint density at radius 1 is 1.12 bits per heavy atom. The van der Waals surface area contributed by atoms with Crippen molar-refractivity contribution >= 4 is 55.8 Å². The summed E-state index contributed by atoms with van der Waals surface area (Å²) >= 11 is 8.16. The maximum atomic E-state index is 12.5. The van der Waals surface area contributed by atoms with Crippen molar-refractivity contribution in [3.05, 3.63) is 56.6 Å². The maximum absolute atomic E-state index is 12.5. The number of anilines is 1. The largest absolute Gasteiger partial charge is 0.321 e. The molecular formula is C17H18ClIN2O3S. The molecule has 0 heterocycles. The van der Waals surface area contributed by atoms with E-state index < -0.39 is 21.5 Å². The second kappa shape index (κ2) is 7.61. The average molecular weight is 493 g/mol. The lowest BCUT2D eigenvalue weighted by molar-refractivity contribution is 0.102. The highest BCUT2D eigenvalue weighted by molar-refractivity contribution is 14.1. The molecule has 0 spiro atoms. The van der Waals surface area contributed by atoms with Gasteiger partial charge in [0.15, 0.2) is 0 Å². The van der Waals surface area contributed by atoms with Crippen LogP contribution in [0.15, 0.2) is 47.4 Å². The highest BCUT2D eigenvalue weighted by atomic mass is 127. The van der Waals surface area contributed by atoms with Crippen molar-refractivity contribution in [1.82, 2.24) is 4.72 Å². The van der Waals surface area contributed by atoms with Crippen LogP contribution in [0.25, 0.3) is 0 Å². The van der Waals surface area contributed by atoms with E-state index in [1.807, 2.05) is 18.2 Å². The van der Waals surface area contributed by atoms with Crippen LogP contribution in [0.1, 0.15) is 31.1 Å². The van der Waals surface area contributed by atoms with E-state index in [1.165, 1.54) is 18.2 Å². The van der Waals surface area contributed by atoms with Gasteiger partial charge in [-0.05, 0) is 73.7 Å². The number of carbonyl (C=O) groups excluding carboxylic acids is 1. The molecule has 0 aromatic heterocycles. The zero-order valence-electron chi connectivity index (χ0n) is 13.9. The number of carbonyl (C=O) groups is 1. The fourth-order valence-corrected chi connectivity index (χ4v) is 4.53. The Hall–Kier alpha value is -1.16. The van der Waals surface area contributed by atoms with Crippen LogP contribution in [0.2, 0.25) is 5.02 Å². The van der Waals surface area contributed by atoms with Crippen molar-refractivity contribution < 1.29 is 13.2 Å². The number of hydrogen-bond donors (Lipinski definition) is 2. The summed E-state index contributed by atoms with van der Waals surface area (Å²) in [5, 5.41) is 2.83. The van der Waals surface area contributed by atoms with Gasteiger partial charge in [-0.15, -0.1) is 0 Å². The van der Waals surface area contributed by atoms with Gasteiger partial charge >= 0.3 is 0 Å². The van der Waals surface area contributed by atoms with Gasteiger partial charge in [-0.3, -0.25) is 4.79 Å². The van der Waals surface area contributed by atoms with Gasteiger partial charge in [0.05, 0.1) is 10.7 Å². The number of nitrogens with one attached hydrogen (secondary N) is 2. The molecule has 2 aromatic carbocycles. The number of para-hydroxylation sites is 1. The monoisotopic (exact) mass is 492 g/mol. The zero-order chi connectivity index (χ0) is 18.8. The van der Waals surface area contributed by atoms with Crippen LogP contribution in [0.3, 0.4) is 0 Å². The third-order valence-corrected chi connectivity index (χ3v) is 6.23. The Balaban J connectivity index is 2.36. The van der Waals surface area contributed by atoms with E-state index in [1.54, 1.807) is 26.8 Å². The third kappa shape index (κ3) is 5.40. The van der Waals surface area contributed by atoms with Gasteiger partial charge < -0.3 is 5.32 Å². The molecule has 5 nitrogen and oxygen atoms in total. The molecule has 0 saturated carbocycles. The average Bonchev–Trinajstić information content (AvgIpc) is 2.47. The Morgan fingerprint density at radius 3 is 2.36 bits per heavy atom. The summed E-state index contributed by atoms with van der Waals surface area (Å²) < 4.78 is 28.5. The van der Waals surface area contributed by atoms with Crippen LogP contribution < -0.4 is 10.0 Å². The third-order valence-electron chi connectivity index (χ3n) is 3.05. The molecule has 0 aliphatic carbocycles. The molecule has 25 heavy (non-hydrogen) atoms. The number of halogens is 2. The highest BCUT2D eigenvalue weighted by Gasteiger charge is 2.25. The predicted octanol–water partition coefficient (Wildman–Crippen LogP) is 4.27. The van der Waals surface area contributed by atoms with Crippen LogP contribution in [0.4, 0.5) is 5.69 Å². The summed E-state index contributed by atoms with van der Waals surface area (Å²) in [6, 6.07) is 11.5. The van der Waals surface area contributed by atoms with Crippen LogP contribution >= 0.6 is 34.2 Å². The lowest BCUT2D eigenvalue weighted by Gasteiger charge is -2.21. The summed E-state index contributed by atoms with van der Waals surface area (Å²) in [6.45, 7) is 5.19. The van der Waals surface area contributed by atoms with Gasteiger partial charge in [-0.25, -0.2) is 13.1 Å². The zero-order valence-corrected chi connectivity index (χ0v) is 17.7. The van der Waals surface area contributed by atoms with Crippen molar-refractivity contribution in [2.75, 3.05) is 5.32 Å². The van der Waals surface area contributed by atoms with Crippen LogP contribution in [0.5, 0.6) is 0 Å². The van der Waals surface area contributed by atoms with Crippen molar-refractivity contribution in [3.8, 4) is 0 Å². The van der Waals surface area contributed by atoms with Crippen molar-refractivity contribution in [3.63, 3.8) is 0 Å². The van der Waals surface area contributed by atoms with E-state index in [-0.39, 0.29) is 15.5 Å². The highest BCUT2D eigenvalue weighted by Crippen LogP contribution is 2.25. The van der Waals surface area contributed by atoms with Gasteiger partial charge in [0.1, 0.15) is 4.90 Å². The SMILES string of the molecule is CC(C)(C)NS(=O)(=O)c1cc(C(=O)Nc2ccccc2I)ccc1Cl. The van der Waals surface area contributed by atoms with Crippen molar-refractivity contribution in [2.24, 2.45) is 0 Å². The number of amides is 1. The van der Waals surface area contributed by atoms with E-state index in [0.717, 1.165) is 3.57 Å². The summed E-state index contributed by atoms with van der Waals surface area (Å²) in [5.74, 6) is -0.409. The van der Waals surface area contributed by atoms with Gasteiger partial charge in [0, 0.05) is 14.7 Å². The van der Waals surface area contributed by atoms with E-state index in [2.05, 4.69) is 32.6 Å². The van der Waals surface area contributed by atoms with Gasteiger partial charge in [-0.2, -0.15) is 0 Å². The Bertz CT molecular complexity index is 908. The molecule has 0 aliphatic rings. The number of sulfonamides is 1. The first-order chi connectivity index (χ1) is 11.5. The predicted molar refractivity (Wildman–Crippen MR) is 109 cm³/mol. The van der Waals surface area contributed by atoms with E-state index in [9.17, 15) is 13.2 Å². The van der Waals surface area contributed by atoms with Crippen molar-refractivity contribution in [2.45, 2.75) is 31.2 Å². The molecule has 1 amide bonds. The molecule has 8 heteroatoms. The smallest absolute Gasteiger partial charge is 0.255 e. The lowest BCUT2D eigenvalue weighted by Crippen LogP contribution is -2.40. The fourth-order valence-electron chi connectivity index (χ4n) is 2.07. The maximum Gasteiger partial charge on any atom is 0.255 e. The molecule has 2 aromatic rings. The molecule has 2 rings (SSSR count). The lowest BCUT2D eigenvalue weighted by atomic mass is 10.1. The summed E-state index contributed by atoms with van der Waals surface area (Å²) in [7, 11) is -3.85. The van der Waals surface area contributed by atoms with Crippen LogP contribution in [-0.2, 0) is 10.0 Å². The Labute approximate surface area is 166 Å². The first kappa shape index (κ1) is 20.2. The number of rotatable bonds is 4. The topological polar surface area (TPSA) is 75.3 Å². The standard InChI is InChI=1S/C17H18ClIN2O3S/c1-17(2,3)21-25(23,24)15-10-11(8-9-12(15)18)16(22)20-14-7-5-4-6-13(14)19/h4-10,21H,1-3H3,(H,20,22). The summed E-state index contributed by atoms with van der Waals surface area (Å²) in [5.41, 5.74) is 0.194. The number of benzene rings is 2. The van der Waals surface area contributed by atoms with E-state index >= 15 is 0 Å². The minimum atomic E-state index is -3.85. The molecule has 0 fully saturated rings. The van der Waals surface area contributed by atoms with Gasteiger partial charge in [0.25, 0.3) is 5.91 Å². The minimum Gasteiger partial charge on any atom is -0.321 e. The minimum absolute atomic E-state index is 0.0580. The second-order valence-electron chi connectivity index (χ2n) is 6.43. The second-order valence-corrected chi connectivity index (χ2v) is 9.65. The molecule has 0 unspecified atom stereocenters. The molecule has 0 bridgehead atoms. The van der Waals surface area contributed by atoms with Crippen LogP contribution in [-0.4, -0.2) is 19.9 Å². The quantitative estimate of drug-likeness (QED) is 0.626. The Kier molecular flexibility index (Phi) is 6.13. The Morgan fingerprint density at radius 2 is 1.76 bits per heavy atom. The molecular weight excluding hydrogens is 475 g/mol. The summed E-state index contributed by atoms with van der Waals surface area (Å²) in [6.07, 6.45) is 0. The van der Waals surface area contributed by atoms with Crippen molar-refractivity contribution in [1.29, 1.82) is 0 Å². The normalized spacial score (nSPS) is 12.0. The van der Waals surface area contributed by atoms with Gasteiger partial charge in [0.2, 0.25) is 10.0 Å². The first-order valence-electron chi connectivity index (χ1n) is 7.39. The molecule has 0 saturated heterocycles. The van der Waals surface area contributed by atoms with Gasteiger partial charge in [-0.1, -0.05) is 23.7 Å². The van der Waals surface area contributed by atoms with E-state index in [4.69, 9.17) is 11.6 Å². The first-order valence-corrected chi connectivity index (χ1v) is 10.3.